The first-order valence-corrected chi connectivity index (χ1v) is 23.4. The van der Waals surface area contributed by atoms with Gasteiger partial charge in [-0.2, -0.15) is 0 Å². The molecule has 0 N–H and O–H groups in total. The van der Waals surface area contributed by atoms with E-state index in [1.807, 2.05) is 21.1 Å². The van der Waals surface area contributed by atoms with E-state index in [4.69, 9.17) is 18.5 Å². The zero-order valence-corrected chi connectivity index (χ0v) is 37.6. The van der Waals surface area contributed by atoms with Crippen LogP contribution in [0.25, 0.3) is 0 Å². The first-order valence-electron chi connectivity index (χ1n) is 22.0. The number of carbonyl (C=O) groups is 1. The van der Waals surface area contributed by atoms with Gasteiger partial charge < -0.3 is 27.9 Å². The number of likely N-dealkylation sites (N-methyl/N-ethyl adjacent to an activating group) is 1. The highest BCUT2D eigenvalue weighted by Gasteiger charge is 2.20. The lowest BCUT2D eigenvalue weighted by atomic mass is 10.1. The Labute approximate surface area is 349 Å². The second kappa shape index (κ2) is 40.2. The first-order chi connectivity index (χ1) is 27.6. The normalized spacial score (nSPS) is 14.7. The maximum Gasteiger partial charge on any atom is 0.306 e. The van der Waals surface area contributed by atoms with Crippen LogP contribution in [0.4, 0.5) is 0 Å². The summed E-state index contributed by atoms with van der Waals surface area (Å²) in [5.41, 5.74) is 0. The number of hydrogen-bond donors (Lipinski definition) is 0. The number of unbranched alkanes of at least 4 members (excludes halogenated alkanes) is 9. The van der Waals surface area contributed by atoms with E-state index in [1.165, 1.54) is 12.8 Å². The zero-order valence-electron chi connectivity index (χ0n) is 36.7. The van der Waals surface area contributed by atoms with Gasteiger partial charge >= 0.3 is 5.97 Å². The van der Waals surface area contributed by atoms with Crippen molar-refractivity contribution in [1.29, 1.82) is 0 Å². The Morgan fingerprint density at radius 3 is 1.54 bits per heavy atom. The Kier molecular flexibility index (Phi) is 38.4. The molecule has 0 aromatic carbocycles. The third kappa shape index (κ3) is 44.4. The summed E-state index contributed by atoms with van der Waals surface area (Å²) in [5.74, 6) is -0.366. The molecule has 2 unspecified atom stereocenters. The molecule has 0 aliphatic rings. The smallest absolute Gasteiger partial charge is 0.306 e. The quantitative estimate of drug-likeness (QED) is 0.0200. The fourth-order valence-electron chi connectivity index (χ4n) is 5.21. The third-order valence-electron chi connectivity index (χ3n) is 8.62. The molecule has 57 heavy (non-hydrogen) atoms. The van der Waals surface area contributed by atoms with E-state index >= 15 is 0 Å². The Bertz CT molecular complexity index is 1230. The van der Waals surface area contributed by atoms with E-state index < -0.39 is 13.9 Å². The standard InChI is InChI=1S/C48H82NO7P/c1-6-8-10-12-14-16-18-19-20-21-22-23-24-25-26-27-28-29-30-32-34-36-38-40-43-53-45-47(46-55-57(51,52)54-44-42-49(3,4)5)56-48(50)41-39-37-35-33-31-17-15-13-11-9-7-2/h8,10,13-16,19-20,22-23,25-26,28-29,32,34,47H,6-7,9,11-12,17-18,21,24,27,30-31,33,35-46H2,1-5H3/b10-8-,15-13-,16-14-,20-19-,23-22-,26-25-,29-28-,34-32-. The highest BCUT2D eigenvalue weighted by molar-refractivity contribution is 7.45. The number of phosphoric acid groups is 1. The van der Waals surface area contributed by atoms with Crippen LogP contribution in [0.15, 0.2) is 97.2 Å². The molecular weight excluding hydrogens is 734 g/mol. The summed E-state index contributed by atoms with van der Waals surface area (Å²) >= 11 is 0. The van der Waals surface area contributed by atoms with Gasteiger partial charge in [0.2, 0.25) is 0 Å². The molecule has 0 bridgehead atoms. The van der Waals surface area contributed by atoms with Gasteiger partial charge in [-0.3, -0.25) is 9.36 Å². The van der Waals surface area contributed by atoms with Crippen molar-refractivity contribution in [3.63, 3.8) is 0 Å². The summed E-state index contributed by atoms with van der Waals surface area (Å²) in [4.78, 5) is 25.0. The van der Waals surface area contributed by atoms with Gasteiger partial charge in [-0.25, -0.2) is 0 Å². The van der Waals surface area contributed by atoms with Gasteiger partial charge in [-0.05, 0) is 89.9 Å². The van der Waals surface area contributed by atoms with Gasteiger partial charge in [-0.15, -0.1) is 0 Å². The molecule has 0 aromatic heterocycles. The van der Waals surface area contributed by atoms with E-state index in [0.717, 1.165) is 109 Å². The Hall–Kier alpha value is -2.58. The summed E-state index contributed by atoms with van der Waals surface area (Å²) in [6.45, 7) is 5.09. The largest absolute Gasteiger partial charge is 0.756 e. The highest BCUT2D eigenvalue weighted by Crippen LogP contribution is 2.38. The minimum absolute atomic E-state index is 0.0101. The SMILES string of the molecule is CC/C=C\C/C=C\C/C=C\C/C=C\C/C=C\C/C=C\C/C=C\CCCCOCC(COP(=O)([O-])OCC[N+](C)(C)C)OC(=O)CCCCCCC/C=C\CCCC. The van der Waals surface area contributed by atoms with Gasteiger partial charge in [0.15, 0.2) is 0 Å². The number of nitrogens with zero attached hydrogens (tertiary/aromatic N) is 1. The Morgan fingerprint density at radius 2 is 1.02 bits per heavy atom. The number of hydrogen-bond acceptors (Lipinski definition) is 7. The fourth-order valence-corrected chi connectivity index (χ4v) is 5.94. The molecule has 0 spiro atoms. The van der Waals surface area contributed by atoms with Gasteiger partial charge in [0, 0.05) is 13.0 Å². The van der Waals surface area contributed by atoms with E-state index in [9.17, 15) is 14.3 Å². The maximum atomic E-state index is 12.6. The molecule has 9 heteroatoms. The van der Waals surface area contributed by atoms with E-state index in [2.05, 4.69) is 111 Å². The summed E-state index contributed by atoms with van der Waals surface area (Å²) in [7, 11) is 1.30. The molecule has 0 heterocycles. The summed E-state index contributed by atoms with van der Waals surface area (Å²) in [5, 5.41) is 0. The first kappa shape index (κ1) is 54.4. The fraction of sp³-hybridized carbons (Fsp3) is 0.646. The molecule has 0 amide bonds. The van der Waals surface area contributed by atoms with Crippen molar-refractivity contribution in [3.8, 4) is 0 Å². The molecule has 0 rings (SSSR count). The van der Waals surface area contributed by atoms with Crippen LogP contribution in [-0.2, 0) is 27.9 Å². The van der Waals surface area contributed by atoms with Gasteiger partial charge in [0.05, 0.1) is 34.4 Å². The summed E-state index contributed by atoms with van der Waals surface area (Å²) in [6, 6.07) is 0. The van der Waals surface area contributed by atoms with E-state index in [0.29, 0.717) is 17.6 Å². The highest BCUT2D eigenvalue weighted by atomic mass is 31.2. The predicted molar refractivity (Wildman–Crippen MR) is 240 cm³/mol. The van der Waals surface area contributed by atoms with Crippen molar-refractivity contribution in [2.75, 3.05) is 54.1 Å². The van der Waals surface area contributed by atoms with Crippen LogP contribution in [-0.4, -0.2) is 70.7 Å². The van der Waals surface area contributed by atoms with Crippen LogP contribution in [0.5, 0.6) is 0 Å². The van der Waals surface area contributed by atoms with Crippen LogP contribution in [0.2, 0.25) is 0 Å². The maximum absolute atomic E-state index is 12.6. The van der Waals surface area contributed by atoms with Gasteiger partial charge in [0.25, 0.3) is 7.82 Å². The van der Waals surface area contributed by atoms with Crippen molar-refractivity contribution in [2.45, 2.75) is 148 Å². The lowest BCUT2D eigenvalue weighted by Crippen LogP contribution is -2.37. The van der Waals surface area contributed by atoms with Crippen molar-refractivity contribution >= 4 is 13.8 Å². The van der Waals surface area contributed by atoms with Crippen LogP contribution in [0.1, 0.15) is 142 Å². The Morgan fingerprint density at radius 1 is 0.561 bits per heavy atom. The number of rotatable bonds is 39. The molecule has 0 aliphatic heterocycles. The zero-order chi connectivity index (χ0) is 42.0. The number of phosphoric ester groups is 1. The molecule has 326 valence electrons. The minimum Gasteiger partial charge on any atom is -0.756 e. The molecule has 0 saturated carbocycles. The van der Waals surface area contributed by atoms with E-state index in [1.54, 1.807) is 0 Å². The van der Waals surface area contributed by atoms with Crippen molar-refractivity contribution in [3.05, 3.63) is 97.2 Å². The number of carbonyl (C=O) groups excluding carboxylic acids is 1. The van der Waals surface area contributed by atoms with Crippen molar-refractivity contribution in [1.82, 2.24) is 0 Å². The van der Waals surface area contributed by atoms with Crippen LogP contribution >= 0.6 is 7.82 Å². The topological polar surface area (TPSA) is 94.1 Å². The summed E-state index contributed by atoms with van der Waals surface area (Å²) < 4.78 is 34.5. The Balaban J connectivity index is 4.31. The molecule has 0 aromatic rings. The molecule has 0 saturated heterocycles. The van der Waals surface area contributed by atoms with E-state index in [-0.39, 0.29) is 32.2 Å². The summed E-state index contributed by atoms with van der Waals surface area (Å²) in [6.07, 6.45) is 54.3. The third-order valence-corrected chi connectivity index (χ3v) is 9.58. The average molecular weight is 816 g/mol. The number of esters is 1. The van der Waals surface area contributed by atoms with Crippen molar-refractivity contribution < 1.29 is 37.3 Å². The molecule has 0 radical (unpaired) electrons. The minimum atomic E-state index is -4.54. The van der Waals surface area contributed by atoms with Gasteiger partial charge in [-0.1, -0.05) is 143 Å². The number of allylic oxidation sites excluding steroid dienone is 16. The second-order valence-corrected chi connectivity index (χ2v) is 16.7. The number of ether oxygens (including phenoxy) is 2. The van der Waals surface area contributed by atoms with Gasteiger partial charge in [0.1, 0.15) is 19.3 Å². The monoisotopic (exact) mass is 816 g/mol. The lowest BCUT2D eigenvalue weighted by Gasteiger charge is -2.28. The molecule has 0 fully saturated rings. The molecule has 2 atom stereocenters. The second-order valence-electron chi connectivity index (χ2n) is 15.3. The number of quaternary nitrogens is 1. The molecule has 0 aliphatic carbocycles. The van der Waals surface area contributed by atoms with Crippen LogP contribution in [0, 0.1) is 0 Å². The van der Waals surface area contributed by atoms with Crippen molar-refractivity contribution in [2.24, 2.45) is 0 Å². The van der Waals surface area contributed by atoms with Crippen LogP contribution in [0.3, 0.4) is 0 Å². The molecule has 8 nitrogen and oxygen atoms in total. The van der Waals surface area contributed by atoms with Crippen LogP contribution < -0.4 is 4.89 Å². The lowest BCUT2D eigenvalue weighted by molar-refractivity contribution is -0.870. The molecular formula is C48H82NO7P. The average Bonchev–Trinajstić information content (AvgIpc) is 3.16. The predicted octanol–water partition coefficient (Wildman–Crippen LogP) is 12.4.